The number of halogens is 3. The smallest absolute Gasteiger partial charge is 0.223 e. The van der Waals surface area contributed by atoms with Crippen LogP contribution in [0, 0.1) is 35.0 Å². The van der Waals surface area contributed by atoms with Crippen molar-refractivity contribution in [2.45, 2.75) is 87.9 Å². The van der Waals surface area contributed by atoms with Crippen LogP contribution in [0.5, 0.6) is 0 Å². The van der Waals surface area contributed by atoms with E-state index in [2.05, 4.69) is 17.6 Å². The van der Waals surface area contributed by atoms with E-state index in [0.29, 0.717) is 42.3 Å². The third-order valence-electron chi connectivity index (χ3n) is 8.55. The Hall–Kier alpha value is -1.05. The van der Waals surface area contributed by atoms with Gasteiger partial charge < -0.3 is 14.5 Å². The number of aryl methyl sites for hydroxylation is 1. The molecule has 4 rings (SSSR count). The van der Waals surface area contributed by atoms with Crippen LogP contribution >= 0.6 is 23.2 Å². The minimum Gasteiger partial charge on any atom is -0.356 e. The van der Waals surface area contributed by atoms with Gasteiger partial charge in [-0.2, -0.15) is 0 Å². The third kappa shape index (κ3) is 6.19. The molecule has 2 heterocycles. The quantitative estimate of drug-likeness (QED) is 0.393. The molecule has 1 aromatic rings. The standard InChI is InChI=1S/C25H40Cl2FN5O/c1-15-20(4-6-23(28)31-15)18-9-17(14-33-8-7-32(2)25(33)29)10-19(12-18)24(34)30-13-16-3-5-21(26)22(27)11-16/h7-8,15-23,29,31H,3-6,9-14H2,1-2H3,(H,30,34). The number of piperidine rings is 1. The van der Waals surface area contributed by atoms with Crippen LogP contribution in [0.15, 0.2) is 12.4 Å². The van der Waals surface area contributed by atoms with E-state index in [-0.39, 0.29) is 28.6 Å². The Kier molecular flexibility index (Phi) is 8.68. The molecule has 9 atom stereocenters. The van der Waals surface area contributed by atoms with Crippen LogP contribution in [0.3, 0.4) is 0 Å². The van der Waals surface area contributed by atoms with E-state index in [9.17, 15) is 9.18 Å². The summed E-state index contributed by atoms with van der Waals surface area (Å²) < 4.78 is 17.7. The highest BCUT2D eigenvalue weighted by Gasteiger charge is 2.40. The van der Waals surface area contributed by atoms with Gasteiger partial charge in [0.15, 0.2) is 6.30 Å². The van der Waals surface area contributed by atoms with Gasteiger partial charge in [-0.25, -0.2) is 4.39 Å². The fourth-order valence-corrected chi connectivity index (χ4v) is 7.21. The largest absolute Gasteiger partial charge is 0.356 e. The lowest BCUT2D eigenvalue weighted by Crippen LogP contribution is -2.49. The van der Waals surface area contributed by atoms with E-state index >= 15 is 0 Å². The molecular weight excluding hydrogens is 476 g/mol. The Balaban J connectivity index is 1.42. The summed E-state index contributed by atoms with van der Waals surface area (Å²) in [5.74, 6) is 1.54. The van der Waals surface area contributed by atoms with Crippen molar-refractivity contribution in [3.8, 4) is 0 Å². The molecule has 1 amide bonds. The normalized spacial score (nSPS) is 39.0. The average molecular weight is 517 g/mol. The summed E-state index contributed by atoms with van der Waals surface area (Å²) in [6, 6.07) is 0.110. The number of hydrogen-bond donors (Lipinski definition) is 3. The monoisotopic (exact) mass is 515 g/mol. The predicted octanol–water partition coefficient (Wildman–Crippen LogP) is 4.15. The summed E-state index contributed by atoms with van der Waals surface area (Å²) in [5.41, 5.74) is 0.474. The van der Waals surface area contributed by atoms with E-state index in [1.807, 2.05) is 24.0 Å². The number of rotatable bonds is 6. The maximum atomic E-state index is 13.9. The summed E-state index contributed by atoms with van der Waals surface area (Å²) in [4.78, 5) is 13.3. The van der Waals surface area contributed by atoms with Crippen LogP contribution in [0.4, 0.5) is 4.39 Å². The SMILES string of the molecule is CC1NC(F)CCC1C1CC(Cn2ccn(C)c2=N)CC(C(=O)NCC2CCC(Cl)C(Cl)C2)C1. The number of hydrogen-bond acceptors (Lipinski definition) is 3. The molecule has 1 saturated heterocycles. The molecule has 3 N–H and O–H groups in total. The molecule has 192 valence electrons. The third-order valence-corrected chi connectivity index (χ3v) is 9.69. The van der Waals surface area contributed by atoms with Crippen LogP contribution in [0.1, 0.15) is 58.3 Å². The van der Waals surface area contributed by atoms with E-state index in [4.69, 9.17) is 28.6 Å². The molecule has 3 fully saturated rings. The van der Waals surface area contributed by atoms with Crippen molar-refractivity contribution >= 4 is 29.1 Å². The topological polar surface area (TPSA) is 74.8 Å². The van der Waals surface area contributed by atoms with Crippen LogP contribution in [0.25, 0.3) is 0 Å². The van der Waals surface area contributed by atoms with Crippen molar-refractivity contribution in [2.75, 3.05) is 6.54 Å². The maximum Gasteiger partial charge on any atom is 0.223 e. The Morgan fingerprint density at radius 1 is 1.12 bits per heavy atom. The zero-order valence-corrected chi connectivity index (χ0v) is 21.9. The van der Waals surface area contributed by atoms with Crippen molar-refractivity contribution in [1.82, 2.24) is 19.8 Å². The number of aromatic nitrogens is 2. The minimum atomic E-state index is -0.927. The maximum absolute atomic E-state index is 13.9. The molecule has 0 bridgehead atoms. The lowest BCUT2D eigenvalue weighted by molar-refractivity contribution is -0.128. The van der Waals surface area contributed by atoms with Crippen molar-refractivity contribution < 1.29 is 9.18 Å². The van der Waals surface area contributed by atoms with Crippen LogP contribution in [-0.2, 0) is 18.4 Å². The molecule has 9 unspecified atom stereocenters. The molecular formula is C25H40Cl2FN5O. The fourth-order valence-electron chi connectivity index (χ4n) is 6.61. The number of amides is 1. The van der Waals surface area contributed by atoms with E-state index in [0.717, 1.165) is 51.5 Å². The second-order valence-corrected chi connectivity index (χ2v) is 12.2. The molecule has 2 saturated carbocycles. The number of imidazole rings is 1. The van der Waals surface area contributed by atoms with E-state index in [1.54, 1.807) is 4.57 Å². The summed E-state index contributed by atoms with van der Waals surface area (Å²) in [5, 5.41) is 14.6. The van der Waals surface area contributed by atoms with Crippen molar-refractivity contribution in [1.29, 1.82) is 5.41 Å². The zero-order chi connectivity index (χ0) is 24.4. The van der Waals surface area contributed by atoms with E-state index < -0.39 is 6.30 Å². The molecule has 6 nitrogen and oxygen atoms in total. The molecule has 0 radical (unpaired) electrons. The summed E-state index contributed by atoms with van der Waals surface area (Å²) in [6.07, 6.45) is 9.79. The molecule has 3 aliphatic rings. The first-order valence-electron chi connectivity index (χ1n) is 12.9. The van der Waals surface area contributed by atoms with Crippen LogP contribution in [0.2, 0.25) is 0 Å². The highest BCUT2D eigenvalue weighted by molar-refractivity contribution is 6.30. The molecule has 9 heteroatoms. The zero-order valence-electron chi connectivity index (χ0n) is 20.4. The average Bonchev–Trinajstić information content (AvgIpc) is 3.11. The van der Waals surface area contributed by atoms with Crippen molar-refractivity contribution in [3.05, 3.63) is 18.0 Å². The van der Waals surface area contributed by atoms with Gasteiger partial charge in [0.1, 0.15) is 0 Å². The van der Waals surface area contributed by atoms with Gasteiger partial charge in [-0.15, -0.1) is 23.2 Å². The Morgan fingerprint density at radius 2 is 1.91 bits per heavy atom. The second-order valence-electron chi connectivity index (χ2n) is 11.0. The first-order valence-corrected chi connectivity index (χ1v) is 13.8. The number of nitrogens with one attached hydrogen (secondary N) is 3. The summed E-state index contributed by atoms with van der Waals surface area (Å²) >= 11 is 12.6. The fraction of sp³-hybridized carbons (Fsp3) is 0.840. The van der Waals surface area contributed by atoms with Gasteiger partial charge >= 0.3 is 0 Å². The number of carbonyl (C=O) groups excluding carboxylic acids is 1. The lowest BCUT2D eigenvalue weighted by atomic mass is 9.66. The molecule has 0 aromatic carbocycles. The number of carbonyl (C=O) groups is 1. The van der Waals surface area contributed by atoms with Gasteiger partial charge in [0.25, 0.3) is 0 Å². The summed E-state index contributed by atoms with van der Waals surface area (Å²) in [7, 11) is 1.88. The van der Waals surface area contributed by atoms with E-state index in [1.165, 1.54) is 0 Å². The predicted molar refractivity (Wildman–Crippen MR) is 133 cm³/mol. The Labute approximate surface area is 212 Å². The second kappa shape index (κ2) is 11.3. The van der Waals surface area contributed by atoms with Gasteiger partial charge in [-0.05, 0) is 82.0 Å². The van der Waals surface area contributed by atoms with Gasteiger partial charge in [0.05, 0.1) is 5.38 Å². The molecule has 1 aromatic heterocycles. The van der Waals surface area contributed by atoms with Crippen molar-refractivity contribution in [2.24, 2.45) is 36.6 Å². The molecule has 1 aliphatic heterocycles. The highest BCUT2D eigenvalue weighted by Crippen LogP contribution is 2.42. The molecule has 34 heavy (non-hydrogen) atoms. The Morgan fingerprint density at radius 3 is 2.59 bits per heavy atom. The first kappa shape index (κ1) is 26.0. The highest BCUT2D eigenvalue weighted by atomic mass is 35.5. The minimum absolute atomic E-state index is 0.0256. The van der Waals surface area contributed by atoms with Crippen LogP contribution in [-0.4, -0.2) is 44.7 Å². The van der Waals surface area contributed by atoms with Gasteiger partial charge in [0, 0.05) is 49.9 Å². The summed E-state index contributed by atoms with van der Waals surface area (Å²) in [6.45, 7) is 3.49. The number of nitrogens with zero attached hydrogens (tertiary/aromatic N) is 2. The Bertz CT molecular complexity index is 891. The first-order chi connectivity index (χ1) is 16.2. The van der Waals surface area contributed by atoms with Gasteiger partial charge in [0.2, 0.25) is 11.5 Å². The van der Waals surface area contributed by atoms with Gasteiger partial charge in [-0.3, -0.25) is 15.5 Å². The van der Waals surface area contributed by atoms with Gasteiger partial charge in [-0.1, -0.05) is 0 Å². The lowest BCUT2D eigenvalue weighted by Gasteiger charge is -2.43. The molecule has 0 spiro atoms. The van der Waals surface area contributed by atoms with Crippen molar-refractivity contribution in [3.63, 3.8) is 0 Å². The number of alkyl halides is 3. The molecule has 2 aliphatic carbocycles. The van der Waals surface area contributed by atoms with Crippen LogP contribution < -0.4 is 16.3 Å².